The summed E-state index contributed by atoms with van der Waals surface area (Å²) in [6.07, 6.45) is 5.33. The van der Waals surface area contributed by atoms with Crippen LogP contribution in [0, 0.1) is 28.8 Å². The molecule has 1 atom stereocenters. The fourth-order valence-corrected chi connectivity index (χ4v) is 3.41. The fraction of sp³-hybridized carbons (Fsp3) is 0.412. The first kappa shape index (κ1) is 17.1. The minimum atomic E-state index is -0.641. The van der Waals surface area contributed by atoms with E-state index in [1.54, 1.807) is 15.8 Å². The van der Waals surface area contributed by atoms with Gasteiger partial charge in [-0.05, 0) is 43.4 Å². The number of rotatable bonds is 4. The number of halogens is 1. The lowest BCUT2D eigenvalue weighted by atomic mass is 10.0. The Hall–Kier alpha value is -2.77. The van der Waals surface area contributed by atoms with Gasteiger partial charge in [0, 0.05) is 31.9 Å². The number of carbonyl (C=O) groups is 1. The number of benzene rings is 1. The van der Waals surface area contributed by atoms with E-state index in [1.807, 2.05) is 13.2 Å². The molecule has 2 heterocycles. The van der Waals surface area contributed by atoms with E-state index in [4.69, 9.17) is 0 Å². The van der Waals surface area contributed by atoms with Crippen LogP contribution in [-0.2, 0) is 13.5 Å². The minimum Gasteiger partial charge on any atom is -0.338 e. The summed E-state index contributed by atoms with van der Waals surface area (Å²) in [5.41, 5.74) is 0.750. The third-order valence-electron chi connectivity index (χ3n) is 4.53. The minimum absolute atomic E-state index is 0.152. The highest BCUT2D eigenvalue weighted by Crippen LogP contribution is 2.29. The maximum atomic E-state index is 13.7. The van der Waals surface area contributed by atoms with Crippen LogP contribution in [0.15, 0.2) is 24.5 Å². The van der Waals surface area contributed by atoms with E-state index in [1.165, 1.54) is 6.92 Å². The van der Waals surface area contributed by atoms with E-state index in [0.29, 0.717) is 13.1 Å². The monoisotopic (exact) mass is 346 g/mol. The van der Waals surface area contributed by atoms with E-state index in [9.17, 15) is 19.3 Å². The molecule has 7 nitrogen and oxygen atoms in total. The smallest absolute Gasteiger partial charge is 0.285 e. The summed E-state index contributed by atoms with van der Waals surface area (Å²) < 4.78 is 15.4. The quantitative estimate of drug-likeness (QED) is 0.629. The van der Waals surface area contributed by atoms with Crippen molar-refractivity contribution in [2.24, 2.45) is 13.0 Å². The van der Waals surface area contributed by atoms with Crippen LogP contribution in [0.3, 0.4) is 0 Å². The number of hydrogen-bond acceptors (Lipinski definition) is 4. The number of nitro benzene ring substituents is 1. The van der Waals surface area contributed by atoms with Crippen molar-refractivity contribution < 1.29 is 14.1 Å². The van der Waals surface area contributed by atoms with Crippen molar-refractivity contribution in [3.63, 3.8) is 0 Å². The molecule has 1 fully saturated rings. The molecule has 1 saturated heterocycles. The first-order valence-electron chi connectivity index (χ1n) is 8.06. The van der Waals surface area contributed by atoms with Crippen molar-refractivity contribution in [3.05, 3.63) is 57.1 Å². The number of nitro groups is 1. The summed E-state index contributed by atoms with van der Waals surface area (Å²) in [5, 5.41) is 15.4. The number of amides is 1. The van der Waals surface area contributed by atoms with Gasteiger partial charge in [-0.25, -0.2) is 4.39 Å². The predicted octanol–water partition coefficient (Wildman–Crippen LogP) is 2.48. The lowest BCUT2D eigenvalue weighted by molar-refractivity contribution is -0.385. The fourth-order valence-electron chi connectivity index (χ4n) is 3.41. The van der Waals surface area contributed by atoms with Crippen molar-refractivity contribution in [1.29, 1.82) is 0 Å². The second-order valence-electron chi connectivity index (χ2n) is 6.51. The highest BCUT2D eigenvalue weighted by molar-refractivity contribution is 5.98. The van der Waals surface area contributed by atoms with Gasteiger partial charge in [-0.1, -0.05) is 0 Å². The van der Waals surface area contributed by atoms with E-state index in [-0.39, 0.29) is 22.7 Å². The summed E-state index contributed by atoms with van der Waals surface area (Å²) in [6.45, 7) is 2.45. The Morgan fingerprint density at radius 1 is 1.48 bits per heavy atom. The van der Waals surface area contributed by atoms with Crippen LogP contribution in [0.5, 0.6) is 0 Å². The normalized spacial score (nSPS) is 17.1. The zero-order valence-electron chi connectivity index (χ0n) is 14.1. The molecule has 0 N–H and O–H groups in total. The molecule has 132 valence electrons. The Morgan fingerprint density at radius 3 is 2.88 bits per heavy atom. The molecule has 0 spiro atoms. The molecule has 0 unspecified atom stereocenters. The molecule has 0 aliphatic carbocycles. The SMILES string of the molecule is Cc1cc(F)cc(C(=O)N2CC[C@@H](Cc3cnn(C)c3)C2)c1[N+](=O)[O-]. The molecule has 1 aliphatic heterocycles. The highest BCUT2D eigenvalue weighted by atomic mass is 19.1. The van der Waals surface area contributed by atoms with Crippen LogP contribution in [0.25, 0.3) is 0 Å². The molecule has 1 aliphatic rings. The van der Waals surface area contributed by atoms with Gasteiger partial charge in [-0.3, -0.25) is 19.6 Å². The third kappa shape index (κ3) is 3.52. The van der Waals surface area contributed by atoms with Crippen LogP contribution < -0.4 is 0 Å². The Balaban J connectivity index is 1.77. The molecule has 2 aromatic rings. The molecule has 8 heteroatoms. The van der Waals surface area contributed by atoms with E-state index < -0.39 is 16.6 Å². The number of likely N-dealkylation sites (tertiary alicyclic amines) is 1. The molecule has 25 heavy (non-hydrogen) atoms. The first-order valence-corrected chi connectivity index (χ1v) is 8.06. The van der Waals surface area contributed by atoms with Gasteiger partial charge in [-0.2, -0.15) is 5.10 Å². The Bertz CT molecular complexity index is 833. The van der Waals surface area contributed by atoms with Crippen molar-refractivity contribution in [2.45, 2.75) is 19.8 Å². The van der Waals surface area contributed by atoms with Crippen molar-refractivity contribution in [2.75, 3.05) is 13.1 Å². The van der Waals surface area contributed by atoms with Crippen molar-refractivity contribution >= 4 is 11.6 Å². The van der Waals surface area contributed by atoms with Gasteiger partial charge in [0.1, 0.15) is 11.4 Å². The van der Waals surface area contributed by atoms with Gasteiger partial charge in [0.05, 0.1) is 11.1 Å². The standard InChI is InChI=1S/C17H19FN4O3/c1-11-5-14(18)7-15(16(11)22(24)25)17(23)21-4-3-12(10-21)6-13-8-19-20(2)9-13/h5,7-9,12H,3-4,6,10H2,1-2H3/t12-/m0/s1. The van der Waals surface area contributed by atoms with Gasteiger partial charge >= 0.3 is 0 Å². The molecule has 0 bridgehead atoms. The van der Waals surface area contributed by atoms with Crippen molar-refractivity contribution in [3.8, 4) is 0 Å². The molecular weight excluding hydrogens is 327 g/mol. The second kappa shape index (κ2) is 6.62. The molecular formula is C17H19FN4O3. The average Bonchev–Trinajstić information content (AvgIpc) is 3.15. The number of carbonyl (C=O) groups excluding carboxylic acids is 1. The highest BCUT2D eigenvalue weighted by Gasteiger charge is 2.32. The molecule has 1 aromatic carbocycles. The van der Waals surface area contributed by atoms with Gasteiger partial charge in [0.25, 0.3) is 11.6 Å². The Labute approximate surface area is 144 Å². The van der Waals surface area contributed by atoms with E-state index in [0.717, 1.165) is 30.5 Å². The number of nitrogens with zero attached hydrogens (tertiary/aromatic N) is 4. The number of hydrogen-bond donors (Lipinski definition) is 0. The Morgan fingerprint density at radius 2 is 2.24 bits per heavy atom. The molecule has 1 aromatic heterocycles. The first-order chi connectivity index (χ1) is 11.8. The van der Waals surface area contributed by atoms with Crippen LogP contribution in [-0.4, -0.2) is 38.6 Å². The largest absolute Gasteiger partial charge is 0.338 e. The summed E-state index contributed by atoms with van der Waals surface area (Å²) >= 11 is 0. The summed E-state index contributed by atoms with van der Waals surface area (Å²) in [4.78, 5) is 25.0. The second-order valence-corrected chi connectivity index (χ2v) is 6.51. The van der Waals surface area contributed by atoms with E-state index >= 15 is 0 Å². The van der Waals surface area contributed by atoms with Gasteiger partial charge < -0.3 is 4.90 Å². The maximum absolute atomic E-state index is 13.7. The average molecular weight is 346 g/mol. The lowest BCUT2D eigenvalue weighted by Crippen LogP contribution is -2.29. The molecule has 3 rings (SSSR count). The van der Waals surface area contributed by atoms with Gasteiger partial charge in [0.2, 0.25) is 0 Å². The zero-order chi connectivity index (χ0) is 18.1. The molecule has 0 saturated carbocycles. The molecule has 1 amide bonds. The van der Waals surface area contributed by atoms with E-state index in [2.05, 4.69) is 5.10 Å². The van der Waals surface area contributed by atoms with Crippen LogP contribution in [0.4, 0.5) is 10.1 Å². The van der Waals surface area contributed by atoms with Gasteiger partial charge in [-0.15, -0.1) is 0 Å². The van der Waals surface area contributed by atoms with Gasteiger partial charge in [0.15, 0.2) is 0 Å². The number of aryl methyl sites for hydroxylation is 2. The summed E-state index contributed by atoms with van der Waals surface area (Å²) in [7, 11) is 1.85. The zero-order valence-corrected chi connectivity index (χ0v) is 14.1. The predicted molar refractivity (Wildman–Crippen MR) is 88.7 cm³/mol. The third-order valence-corrected chi connectivity index (χ3v) is 4.53. The van der Waals surface area contributed by atoms with Crippen LogP contribution >= 0.6 is 0 Å². The summed E-state index contributed by atoms with van der Waals surface area (Å²) in [6, 6.07) is 2.03. The Kier molecular flexibility index (Phi) is 4.52. The van der Waals surface area contributed by atoms with Crippen molar-refractivity contribution in [1.82, 2.24) is 14.7 Å². The molecule has 0 radical (unpaired) electrons. The maximum Gasteiger partial charge on any atom is 0.285 e. The summed E-state index contributed by atoms with van der Waals surface area (Å²) in [5.74, 6) is -0.859. The lowest BCUT2D eigenvalue weighted by Gasteiger charge is -2.17. The topological polar surface area (TPSA) is 81.3 Å². The van der Waals surface area contributed by atoms with Crippen LogP contribution in [0.1, 0.15) is 27.9 Å². The number of aromatic nitrogens is 2. The van der Waals surface area contributed by atoms with Crippen LogP contribution in [0.2, 0.25) is 0 Å².